The summed E-state index contributed by atoms with van der Waals surface area (Å²) in [7, 11) is 0. The zero-order valence-corrected chi connectivity index (χ0v) is 15.2. The molecule has 1 amide bonds. The molecule has 3 aromatic rings. The zero-order valence-electron chi connectivity index (χ0n) is 13.7. The molecule has 6 heteroatoms. The van der Waals surface area contributed by atoms with Gasteiger partial charge in [0.15, 0.2) is 11.5 Å². The summed E-state index contributed by atoms with van der Waals surface area (Å²) in [5.74, 6) is 0.325. The fourth-order valence-corrected chi connectivity index (χ4v) is 2.68. The van der Waals surface area contributed by atoms with Gasteiger partial charge in [-0.3, -0.25) is 4.79 Å². The van der Waals surface area contributed by atoms with Crippen LogP contribution in [0.15, 0.2) is 65.1 Å². The fourth-order valence-electron chi connectivity index (χ4n) is 2.30. The first-order chi connectivity index (χ1) is 12.1. The third kappa shape index (κ3) is 4.42. The molecule has 0 aliphatic carbocycles. The molecule has 126 valence electrons. The van der Waals surface area contributed by atoms with E-state index in [4.69, 9.17) is 0 Å². The van der Waals surface area contributed by atoms with Gasteiger partial charge in [-0.05, 0) is 58.2 Å². The molecule has 2 N–H and O–H groups in total. The quantitative estimate of drug-likeness (QED) is 0.677. The van der Waals surface area contributed by atoms with Crippen molar-refractivity contribution in [1.29, 1.82) is 0 Å². The topological polar surface area (TPSA) is 66.9 Å². The molecule has 0 spiro atoms. The molecule has 25 heavy (non-hydrogen) atoms. The summed E-state index contributed by atoms with van der Waals surface area (Å²) in [6.45, 7) is 2.48. The van der Waals surface area contributed by atoms with Crippen molar-refractivity contribution in [2.75, 3.05) is 5.32 Å². The van der Waals surface area contributed by atoms with Crippen LogP contribution in [0.3, 0.4) is 0 Å². The zero-order chi connectivity index (χ0) is 17.6. The Labute approximate surface area is 154 Å². The van der Waals surface area contributed by atoms with Crippen LogP contribution < -0.4 is 10.6 Å². The van der Waals surface area contributed by atoms with E-state index in [1.807, 2.05) is 55.5 Å². The summed E-state index contributed by atoms with van der Waals surface area (Å²) in [5.41, 5.74) is 3.39. The molecule has 0 atom stereocenters. The van der Waals surface area contributed by atoms with Crippen LogP contribution in [0.4, 0.5) is 11.5 Å². The summed E-state index contributed by atoms with van der Waals surface area (Å²) in [6, 6.07) is 19.0. The minimum atomic E-state index is -0.247. The first-order valence-corrected chi connectivity index (χ1v) is 8.61. The van der Waals surface area contributed by atoms with Crippen LogP contribution in [0.2, 0.25) is 0 Å². The van der Waals surface area contributed by atoms with Gasteiger partial charge in [0.25, 0.3) is 5.91 Å². The molecule has 0 aliphatic heterocycles. The van der Waals surface area contributed by atoms with Gasteiger partial charge in [0, 0.05) is 11.0 Å². The fraction of sp³-hybridized carbons (Fsp3) is 0.105. The van der Waals surface area contributed by atoms with E-state index in [0.29, 0.717) is 12.4 Å². The Hall–Kier alpha value is -2.73. The number of halogens is 1. The van der Waals surface area contributed by atoms with Crippen molar-refractivity contribution in [3.05, 3.63) is 82.0 Å². The van der Waals surface area contributed by atoms with E-state index in [1.165, 1.54) is 0 Å². The maximum Gasteiger partial charge on any atom is 0.272 e. The Kier molecular flexibility index (Phi) is 5.40. The first-order valence-electron chi connectivity index (χ1n) is 7.81. The highest BCUT2D eigenvalue weighted by atomic mass is 79.9. The third-order valence-corrected chi connectivity index (χ3v) is 4.43. The number of aryl methyl sites for hydroxylation is 1. The number of aromatic nitrogens is 2. The number of carbonyl (C=O) groups excluding carboxylic acids is 1. The number of nitrogens with one attached hydrogen (secondary N) is 2. The van der Waals surface area contributed by atoms with Crippen molar-refractivity contribution in [3.63, 3.8) is 0 Å². The van der Waals surface area contributed by atoms with Crippen molar-refractivity contribution in [2.45, 2.75) is 13.5 Å². The van der Waals surface area contributed by atoms with Gasteiger partial charge in [-0.2, -0.15) is 0 Å². The highest BCUT2D eigenvalue weighted by molar-refractivity contribution is 9.10. The van der Waals surface area contributed by atoms with Crippen LogP contribution in [0.25, 0.3) is 0 Å². The lowest BCUT2D eigenvalue weighted by molar-refractivity contribution is 0.0945. The maximum atomic E-state index is 12.2. The molecule has 1 aromatic heterocycles. The molecule has 0 bridgehead atoms. The Bertz CT molecular complexity index is 881. The van der Waals surface area contributed by atoms with Crippen LogP contribution in [-0.4, -0.2) is 16.1 Å². The molecule has 3 rings (SSSR count). The Morgan fingerprint density at radius 1 is 1.00 bits per heavy atom. The largest absolute Gasteiger partial charge is 0.347 e. The standard InChI is InChI=1S/C19H17BrN4O/c1-13-6-2-3-7-14(13)12-21-19(25)17-10-11-18(24-23-17)22-16-9-5-4-8-15(16)20/h2-11H,12H2,1H3,(H,21,25)(H,22,24). The predicted molar refractivity (Wildman–Crippen MR) is 102 cm³/mol. The van der Waals surface area contributed by atoms with Crippen molar-refractivity contribution in [3.8, 4) is 0 Å². The molecular formula is C19H17BrN4O. The molecule has 1 heterocycles. The second-order valence-electron chi connectivity index (χ2n) is 5.52. The van der Waals surface area contributed by atoms with Crippen LogP contribution >= 0.6 is 15.9 Å². The highest BCUT2D eigenvalue weighted by Gasteiger charge is 2.09. The van der Waals surface area contributed by atoms with E-state index >= 15 is 0 Å². The normalized spacial score (nSPS) is 10.3. The van der Waals surface area contributed by atoms with E-state index in [2.05, 4.69) is 36.8 Å². The molecule has 0 saturated heterocycles. The summed E-state index contributed by atoms with van der Waals surface area (Å²) in [6.07, 6.45) is 0. The molecule has 0 fully saturated rings. The lowest BCUT2D eigenvalue weighted by Gasteiger charge is -2.09. The number of amides is 1. The molecule has 0 aliphatic rings. The number of nitrogens with zero attached hydrogens (tertiary/aromatic N) is 2. The summed E-state index contributed by atoms with van der Waals surface area (Å²) < 4.78 is 0.928. The van der Waals surface area contributed by atoms with E-state index in [0.717, 1.165) is 21.3 Å². The maximum absolute atomic E-state index is 12.2. The van der Waals surface area contributed by atoms with Gasteiger partial charge in [-0.15, -0.1) is 10.2 Å². The van der Waals surface area contributed by atoms with E-state index in [-0.39, 0.29) is 11.6 Å². The second-order valence-corrected chi connectivity index (χ2v) is 6.37. The van der Waals surface area contributed by atoms with Crippen molar-refractivity contribution in [2.24, 2.45) is 0 Å². The van der Waals surface area contributed by atoms with Gasteiger partial charge in [-0.1, -0.05) is 36.4 Å². The van der Waals surface area contributed by atoms with Crippen LogP contribution in [0.1, 0.15) is 21.6 Å². The molecule has 0 radical (unpaired) electrons. The Morgan fingerprint density at radius 2 is 1.76 bits per heavy atom. The minimum absolute atomic E-state index is 0.247. The van der Waals surface area contributed by atoms with E-state index < -0.39 is 0 Å². The van der Waals surface area contributed by atoms with Gasteiger partial charge in [0.05, 0.1) is 5.69 Å². The average molecular weight is 397 g/mol. The molecule has 0 saturated carbocycles. The SMILES string of the molecule is Cc1ccccc1CNC(=O)c1ccc(Nc2ccccc2Br)nn1. The summed E-state index contributed by atoms with van der Waals surface area (Å²) >= 11 is 3.47. The average Bonchev–Trinajstić information content (AvgIpc) is 2.63. The van der Waals surface area contributed by atoms with Crippen LogP contribution in [0, 0.1) is 6.92 Å². The van der Waals surface area contributed by atoms with Crippen LogP contribution in [0.5, 0.6) is 0 Å². The van der Waals surface area contributed by atoms with Gasteiger partial charge in [0.1, 0.15) is 0 Å². The lowest BCUT2D eigenvalue weighted by atomic mass is 10.1. The molecule has 2 aromatic carbocycles. The van der Waals surface area contributed by atoms with Crippen molar-refractivity contribution in [1.82, 2.24) is 15.5 Å². The number of rotatable bonds is 5. The number of carbonyl (C=O) groups is 1. The first kappa shape index (κ1) is 17.1. The second kappa shape index (κ2) is 7.90. The molecular weight excluding hydrogens is 380 g/mol. The van der Waals surface area contributed by atoms with Gasteiger partial charge >= 0.3 is 0 Å². The summed E-state index contributed by atoms with van der Waals surface area (Å²) in [4.78, 5) is 12.2. The number of hydrogen-bond donors (Lipinski definition) is 2. The summed E-state index contributed by atoms with van der Waals surface area (Å²) in [5, 5.41) is 14.1. The molecule has 0 unspecified atom stereocenters. The number of benzene rings is 2. The lowest BCUT2D eigenvalue weighted by Crippen LogP contribution is -2.24. The monoisotopic (exact) mass is 396 g/mol. The third-order valence-electron chi connectivity index (χ3n) is 3.73. The van der Waals surface area contributed by atoms with Gasteiger partial charge in [-0.25, -0.2) is 0 Å². The van der Waals surface area contributed by atoms with Gasteiger partial charge in [0.2, 0.25) is 0 Å². The number of para-hydroxylation sites is 1. The molecule has 5 nitrogen and oxygen atoms in total. The van der Waals surface area contributed by atoms with Gasteiger partial charge < -0.3 is 10.6 Å². The Balaban J connectivity index is 1.63. The van der Waals surface area contributed by atoms with Crippen LogP contribution in [-0.2, 0) is 6.54 Å². The van der Waals surface area contributed by atoms with Crippen molar-refractivity contribution >= 4 is 33.3 Å². The smallest absolute Gasteiger partial charge is 0.272 e. The van der Waals surface area contributed by atoms with E-state index in [9.17, 15) is 4.79 Å². The number of anilines is 2. The van der Waals surface area contributed by atoms with E-state index in [1.54, 1.807) is 12.1 Å². The Morgan fingerprint density at radius 3 is 2.48 bits per heavy atom. The van der Waals surface area contributed by atoms with Crippen molar-refractivity contribution < 1.29 is 4.79 Å². The minimum Gasteiger partial charge on any atom is -0.347 e. The highest BCUT2D eigenvalue weighted by Crippen LogP contribution is 2.24. The predicted octanol–water partition coefficient (Wildman–Crippen LogP) is 4.22. The number of hydrogen-bond acceptors (Lipinski definition) is 4.